The molecule has 1 fully saturated rings. The number of morpholine rings is 1. The number of hydrogen-bond acceptors (Lipinski definition) is 3. The Morgan fingerprint density at radius 2 is 2.15 bits per heavy atom. The highest BCUT2D eigenvalue weighted by Gasteiger charge is 2.16. The Hall–Kier alpha value is -2.15. The quantitative estimate of drug-likeness (QED) is 0.561. The third kappa shape index (κ3) is 3.45. The van der Waals surface area contributed by atoms with Gasteiger partial charge < -0.3 is 20.7 Å². The van der Waals surface area contributed by atoms with E-state index in [1.54, 1.807) is 11.0 Å². The van der Waals surface area contributed by atoms with Crippen molar-refractivity contribution in [2.45, 2.75) is 6.54 Å². The van der Waals surface area contributed by atoms with E-state index in [2.05, 4.69) is 5.32 Å². The maximum absolute atomic E-state index is 13.8. The Morgan fingerprint density at radius 1 is 1.45 bits per heavy atom. The van der Waals surface area contributed by atoms with Gasteiger partial charge in [0.05, 0.1) is 13.2 Å². The molecule has 2 amide bonds. The van der Waals surface area contributed by atoms with Crippen molar-refractivity contribution in [3.63, 3.8) is 0 Å². The lowest BCUT2D eigenvalue weighted by Gasteiger charge is -2.27. The van der Waals surface area contributed by atoms with Crippen molar-refractivity contribution >= 4 is 11.9 Å². The second-order valence-electron chi connectivity index (χ2n) is 4.48. The zero-order chi connectivity index (χ0) is 14.5. The topological polar surface area (TPSA) is 91.4 Å². The lowest BCUT2D eigenvalue weighted by molar-refractivity contribution is 0.0531. The number of ether oxygens (including phenoxy) is 1. The van der Waals surface area contributed by atoms with Crippen molar-refractivity contribution in [3.05, 3.63) is 35.1 Å². The van der Waals surface area contributed by atoms with E-state index in [0.29, 0.717) is 37.4 Å². The molecule has 0 saturated carbocycles. The third-order valence-electron chi connectivity index (χ3n) is 3.09. The fraction of sp³-hybridized carbons (Fsp3) is 0.385. The Labute approximate surface area is 116 Å². The first-order valence-corrected chi connectivity index (χ1v) is 6.31. The molecule has 0 atom stereocenters. The molecule has 1 aliphatic rings. The van der Waals surface area contributed by atoms with Crippen LogP contribution < -0.4 is 11.1 Å². The van der Waals surface area contributed by atoms with E-state index < -0.39 is 5.82 Å². The van der Waals surface area contributed by atoms with Gasteiger partial charge in [0.2, 0.25) is 0 Å². The van der Waals surface area contributed by atoms with Gasteiger partial charge >= 0.3 is 6.03 Å². The monoisotopic (exact) mass is 280 g/mol. The van der Waals surface area contributed by atoms with Gasteiger partial charge in [-0.1, -0.05) is 12.1 Å². The van der Waals surface area contributed by atoms with Crippen LogP contribution in [-0.4, -0.2) is 43.1 Å². The number of carbonyl (C=O) groups is 1. The first kappa shape index (κ1) is 14.3. The zero-order valence-corrected chi connectivity index (χ0v) is 11.0. The van der Waals surface area contributed by atoms with Crippen molar-refractivity contribution in [3.8, 4) is 0 Å². The standard InChI is InChI=1S/C13H17FN4O2/c14-11-7-9(12(15)16)1-2-10(11)8-17-13(19)18-3-5-20-6-4-18/h1-2,7H,3-6,8H2,(H3,15,16)(H,17,19). The molecule has 7 heteroatoms. The number of amides is 2. The number of urea groups is 1. The van der Waals surface area contributed by atoms with Crippen molar-refractivity contribution in [1.82, 2.24) is 10.2 Å². The first-order valence-electron chi connectivity index (χ1n) is 6.31. The number of rotatable bonds is 3. The van der Waals surface area contributed by atoms with Crippen LogP contribution in [0.15, 0.2) is 18.2 Å². The smallest absolute Gasteiger partial charge is 0.317 e. The van der Waals surface area contributed by atoms with Gasteiger partial charge in [-0.3, -0.25) is 5.41 Å². The van der Waals surface area contributed by atoms with E-state index in [4.69, 9.17) is 15.9 Å². The van der Waals surface area contributed by atoms with E-state index in [9.17, 15) is 9.18 Å². The minimum Gasteiger partial charge on any atom is -0.384 e. The molecule has 0 aromatic heterocycles. The second-order valence-corrected chi connectivity index (χ2v) is 4.48. The molecule has 0 unspecified atom stereocenters. The number of carbonyl (C=O) groups excluding carboxylic acids is 1. The SMILES string of the molecule is N=C(N)c1ccc(CNC(=O)N2CCOCC2)c(F)c1. The van der Waals surface area contributed by atoms with Gasteiger partial charge in [0.25, 0.3) is 0 Å². The van der Waals surface area contributed by atoms with E-state index in [1.165, 1.54) is 12.1 Å². The summed E-state index contributed by atoms with van der Waals surface area (Å²) < 4.78 is 18.9. The summed E-state index contributed by atoms with van der Waals surface area (Å²) in [6.07, 6.45) is 0. The summed E-state index contributed by atoms with van der Waals surface area (Å²) >= 11 is 0. The fourth-order valence-electron chi connectivity index (χ4n) is 1.91. The first-order chi connectivity index (χ1) is 9.58. The minimum atomic E-state index is -0.486. The average Bonchev–Trinajstić information content (AvgIpc) is 2.46. The highest BCUT2D eigenvalue weighted by molar-refractivity contribution is 5.94. The van der Waals surface area contributed by atoms with Crippen molar-refractivity contribution in [2.24, 2.45) is 5.73 Å². The summed E-state index contributed by atoms with van der Waals surface area (Å²) in [4.78, 5) is 13.5. The molecule has 1 aromatic rings. The molecule has 1 aromatic carbocycles. The highest BCUT2D eigenvalue weighted by Crippen LogP contribution is 2.10. The van der Waals surface area contributed by atoms with Gasteiger partial charge in [-0.25, -0.2) is 9.18 Å². The van der Waals surface area contributed by atoms with Gasteiger partial charge in [-0.2, -0.15) is 0 Å². The van der Waals surface area contributed by atoms with Crippen LogP contribution in [0.25, 0.3) is 0 Å². The summed E-state index contributed by atoms with van der Waals surface area (Å²) in [6, 6.07) is 4.04. The van der Waals surface area contributed by atoms with E-state index >= 15 is 0 Å². The van der Waals surface area contributed by atoms with Crippen LogP contribution in [0.5, 0.6) is 0 Å². The summed E-state index contributed by atoms with van der Waals surface area (Å²) in [7, 11) is 0. The van der Waals surface area contributed by atoms with Crippen LogP contribution >= 0.6 is 0 Å². The molecule has 0 bridgehead atoms. The number of halogens is 1. The molecule has 1 aliphatic heterocycles. The van der Waals surface area contributed by atoms with Gasteiger partial charge in [-0.05, 0) is 6.07 Å². The van der Waals surface area contributed by atoms with Crippen LogP contribution in [0, 0.1) is 11.2 Å². The summed E-state index contributed by atoms with van der Waals surface area (Å²) in [5.41, 5.74) is 5.96. The van der Waals surface area contributed by atoms with Gasteiger partial charge in [0.15, 0.2) is 0 Å². The molecular weight excluding hydrogens is 263 g/mol. The average molecular weight is 280 g/mol. The van der Waals surface area contributed by atoms with Crippen LogP contribution in [0.2, 0.25) is 0 Å². The molecule has 0 radical (unpaired) electrons. The van der Waals surface area contributed by atoms with Crippen LogP contribution in [0.4, 0.5) is 9.18 Å². The number of nitrogens with two attached hydrogens (primary N) is 1. The Kier molecular flexibility index (Phi) is 4.52. The second kappa shape index (κ2) is 6.33. The van der Waals surface area contributed by atoms with Crippen LogP contribution in [-0.2, 0) is 11.3 Å². The summed E-state index contributed by atoms with van der Waals surface area (Å²) in [5, 5.41) is 9.89. The van der Waals surface area contributed by atoms with Crippen LogP contribution in [0.1, 0.15) is 11.1 Å². The number of hydrogen-bond donors (Lipinski definition) is 3. The lowest BCUT2D eigenvalue weighted by atomic mass is 10.1. The molecule has 1 heterocycles. The summed E-state index contributed by atoms with van der Waals surface area (Å²) in [5.74, 6) is -0.673. The van der Waals surface area contributed by atoms with Crippen LogP contribution in [0.3, 0.4) is 0 Å². The van der Waals surface area contributed by atoms with Crippen molar-refractivity contribution in [1.29, 1.82) is 5.41 Å². The number of amidine groups is 1. The van der Waals surface area contributed by atoms with Crippen molar-refractivity contribution in [2.75, 3.05) is 26.3 Å². The van der Waals surface area contributed by atoms with Crippen molar-refractivity contribution < 1.29 is 13.9 Å². The number of nitrogens with zero attached hydrogens (tertiary/aromatic N) is 1. The summed E-state index contributed by atoms with van der Waals surface area (Å²) in [6.45, 7) is 2.22. The Balaban J connectivity index is 1.93. The maximum Gasteiger partial charge on any atom is 0.317 e. The highest BCUT2D eigenvalue weighted by atomic mass is 19.1. The van der Waals surface area contributed by atoms with E-state index in [0.717, 1.165) is 0 Å². The Morgan fingerprint density at radius 3 is 2.75 bits per heavy atom. The fourth-order valence-corrected chi connectivity index (χ4v) is 1.91. The predicted molar refractivity (Wildman–Crippen MR) is 72.0 cm³/mol. The molecule has 6 nitrogen and oxygen atoms in total. The van der Waals surface area contributed by atoms with Gasteiger partial charge in [-0.15, -0.1) is 0 Å². The van der Waals surface area contributed by atoms with Gasteiger partial charge in [0.1, 0.15) is 11.7 Å². The van der Waals surface area contributed by atoms with Gasteiger partial charge in [0, 0.05) is 30.8 Å². The molecule has 108 valence electrons. The molecule has 20 heavy (non-hydrogen) atoms. The zero-order valence-electron chi connectivity index (χ0n) is 11.0. The molecule has 1 saturated heterocycles. The van der Waals surface area contributed by atoms with E-state index in [-0.39, 0.29) is 18.4 Å². The number of benzene rings is 1. The largest absolute Gasteiger partial charge is 0.384 e. The minimum absolute atomic E-state index is 0.0974. The number of nitrogens with one attached hydrogen (secondary N) is 2. The molecule has 0 aliphatic carbocycles. The molecule has 0 spiro atoms. The Bertz CT molecular complexity index is 515. The number of nitrogen functional groups attached to an aromatic ring is 1. The maximum atomic E-state index is 13.8. The van der Waals surface area contributed by atoms with E-state index in [1.807, 2.05) is 0 Å². The third-order valence-corrected chi connectivity index (χ3v) is 3.09. The predicted octanol–water partition coefficient (Wildman–Crippen LogP) is 0.652. The normalized spacial score (nSPS) is 14.9. The molecular formula is C13H17FN4O2. The molecule has 2 rings (SSSR count). The molecule has 4 N–H and O–H groups in total. The lowest BCUT2D eigenvalue weighted by Crippen LogP contribution is -2.45.